The van der Waals surface area contributed by atoms with Gasteiger partial charge in [-0.1, -0.05) is 17.7 Å². The van der Waals surface area contributed by atoms with Crippen LogP contribution in [-0.2, 0) is 9.59 Å². The lowest BCUT2D eigenvalue weighted by Gasteiger charge is -2.12. The van der Waals surface area contributed by atoms with Crippen molar-refractivity contribution in [3.63, 3.8) is 0 Å². The molecule has 1 N–H and O–H groups in total. The number of allylic oxidation sites excluding steroid dienone is 2. The quantitative estimate of drug-likeness (QED) is 0.784. The van der Waals surface area contributed by atoms with Crippen LogP contribution in [0.3, 0.4) is 0 Å². The number of hydrogen-bond acceptors (Lipinski definition) is 5. The summed E-state index contributed by atoms with van der Waals surface area (Å²) in [5, 5.41) is 2.22. The number of thioether (sulfide) groups is 1. The number of aryl methyl sites for hydroxylation is 1. The Labute approximate surface area is 160 Å². The van der Waals surface area contributed by atoms with Crippen molar-refractivity contribution >= 4 is 40.6 Å². The molecule has 0 bridgehead atoms. The van der Waals surface area contributed by atoms with Crippen molar-refractivity contribution in [3.05, 3.63) is 70.5 Å². The molecular weight excluding hydrogens is 364 g/mol. The van der Waals surface area contributed by atoms with Gasteiger partial charge in [0.25, 0.3) is 11.1 Å². The fourth-order valence-electron chi connectivity index (χ4n) is 2.46. The number of furan rings is 1. The van der Waals surface area contributed by atoms with E-state index in [1.165, 1.54) is 0 Å². The van der Waals surface area contributed by atoms with E-state index in [1.54, 1.807) is 49.6 Å². The number of anilines is 1. The van der Waals surface area contributed by atoms with Crippen LogP contribution in [0.1, 0.15) is 18.2 Å². The molecule has 3 rings (SSSR count). The van der Waals surface area contributed by atoms with E-state index in [-0.39, 0.29) is 11.4 Å². The molecule has 0 spiro atoms. The number of carbonyl (C=O) groups is 3. The molecule has 1 aromatic carbocycles. The van der Waals surface area contributed by atoms with Crippen LogP contribution in [0.15, 0.2) is 63.6 Å². The van der Waals surface area contributed by atoms with Gasteiger partial charge >= 0.3 is 0 Å². The van der Waals surface area contributed by atoms with Crippen LogP contribution >= 0.6 is 11.8 Å². The zero-order valence-electron chi connectivity index (χ0n) is 14.9. The van der Waals surface area contributed by atoms with Crippen LogP contribution in [0.5, 0.6) is 0 Å². The molecule has 1 saturated heterocycles. The molecule has 1 aliphatic heterocycles. The number of nitrogens with one attached hydrogen (secondary N) is 1. The fourth-order valence-corrected chi connectivity index (χ4v) is 3.35. The van der Waals surface area contributed by atoms with E-state index in [0.29, 0.717) is 11.4 Å². The molecule has 0 saturated carbocycles. The monoisotopic (exact) mass is 382 g/mol. The highest BCUT2D eigenvalue weighted by atomic mass is 32.2. The number of rotatable bonds is 5. The Morgan fingerprint density at radius 2 is 1.96 bits per heavy atom. The van der Waals surface area contributed by atoms with Crippen molar-refractivity contribution in [1.82, 2.24) is 4.90 Å². The zero-order valence-corrected chi connectivity index (χ0v) is 15.7. The first-order valence-corrected chi connectivity index (χ1v) is 9.08. The highest BCUT2D eigenvalue weighted by molar-refractivity contribution is 8.18. The van der Waals surface area contributed by atoms with Gasteiger partial charge in [0.05, 0.1) is 11.2 Å². The van der Waals surface area contributed by atoms with Crippen molar-refractivity contribution in [2.75, 3.05) is 11.9 Å². The van der Waals surface area contributed by atoms with Crippen molar-refractivity contribution in [2.45, 2.75) is 13.8 Å². The summed E-state index contributed by atoms with van der Waals surface area (Å²) in [5.74, 6) is -0.248. The maximum atomic E-state index is 12.5. The summed E-state index contributed by atoms with van der Waals surface area (Å²) in [6.45, 7) is 3.43. The van der Waals surface area contributed by atoms with E-state index in [2.05, 4.69) is 5.32 Å². The van der Waals surface area contributed by atoms with Gasteiger partial charge in [-0.3, -0.25) is 19.3 Å². The fraction of sp³-hybridized carbons (Fsp3) is 0.150. The second-order valence-corrected chi connectivity index (χ2v) is 7.08. The van der Waals surface area contributed by atoms with Crippen LogP contribution in [-0.4, -0.2) is 28.5 Å². The molecule has 0 atom stereocenters. The number of amides is 3. The summed E-state index contributed by atoms with van der Waals surface area (Å²) >= 11 is 0.820. The van der Waals surface area contributed by atoms with Crippen molar-refractivity contribution in [1.29, 1.82) is 0 Å². The first kappa shape index (κ1) is 18.7. The highest BCUT2D eigenvalue weighted by Crippen LogP contribution is 2.31. The molecular formula is C20H18N2O4S. The number of hydrogen-bond donors (Lipinski definition) is 1. The maximum Gasteiger partial charge on any atom is 0.294 e. The normalized spacial score (nSPS) is 16.3. The van der Waals surface area contributed by atoms with E-state index in [0.717, 1.165) is 27.8 Å². The van der Waals surface area contributed by atoms with Crippen molar-refractivity contribution in [3.8, 4) is 0 Å². The van der Waals surface area contributed by atoms with E-state index < -0.39 is 17.1 Å². The molecule has 7 heteroatoms. The van der Waals surface area contributed by atoms with Gasteiger partial charge in [0.15, 0.2) is 0 Å². The summed E-state index contributed by atoms with van der Waals surface area (Å²) in [6, 6.07) is 10.8. The Morgan fingerprint density at radius 3 is 2.63 bits per heavy atom. The lowest BCUT2D eigenvalue weighted by molar-refractivity contribution is -0.127. The predicted octanol–water partition coefficient (Wildman–Crippen LogP) is 4.21. The Balaban J connectivity index is 1.66. The van der Waals surface area contributed by atoms with Crippen molar-refractivity contribution < 1.29 is 18.8 Å². The third-order valence-corrected chi connectivity index (χ3v) is 4.69. The average molecular weight is 382 g/mol. The Bertz CT molecular complexity index is 927. The molecule has 1 aliphatic rings. The predicted molar refractivity (Wildman–Crippen MR) is 105 cm³/mol. The standard InChI is InChI=1S/C20H18N2O4S/c1-13-5-7-15(8-6-13)21-18(23)12-22-19(24)17(27-20(22)25)11-14(2)10-16-4-3-9-26-16/h3-11H,12H2,1-2H3,(H,21,23)/b14-10+,17-11-. The minimum atomic E-state index is -0.476. The lowest BCUT2D eigenvalue weighted by atomic mass is 10.2. The van der Waals surface area contributed by atoms with Gasteiger partial charge in [0.1, 0.15) is 12.3 Å². The van der Waals surface area contributed by atoms with Gasteiger partial charge in [-0.15, -0.1) is 0 Å². The molecule has 0 unspecified atom stereocenters. The first-order chi connectivity index (χ1) is 12.9. The van der Waals surface area contributed by atoms with Gasteiger partial charge < -0.3 is 9.73 Å². The zero-order chi connectivity index (χ0) is 19.4. The molecule has 138 valence electrons. The molecule has 0 radical (unpaired) electrons. The van der Waals surface area contributed by atoms with E-state index >= 15 is 0 Å². The summed E-state index contributed by atoms with van der Waals surface area (Å²) < 4.78 is 5.23. The average Bonchev–Trinajstić information content (AvgIpc) is 3.21. The van der Waals surface area contributed by atoms with Crippen LogP contribution in [0.4, 0.5) is 10.5 Å². The minimum absolute atomic E-state index is 0.281. The Kier molecular flexibility index (Phi) is 5.61. The molecule has 27 heavy (non-hydrogen) atoms. The van der Waals surface area contributed by atoms with Crippen LogP contribution < -0.4 is 5.32 Å². The second-order valence-electron chi connectivity index (χ2n) is 6.09. The number of nitrogens with zero attached hydrogens (tertiary/aromatic N) is 1. The molecule has 1 aromatic heterocycles. The summed E-state index contributed by atoms with van der Waals surface area (Å²) in [4.78, 5) is 38.0. The van der Waals surface area contributed by atoms with Gasteiger partial charge in [-0.05, 0) is 67.6 Å². The molecule has 0 aliphatic carbocycles. The highest BCUT2D eigenvalue weighted by Gasteiger charge is 2.36. The minimum Gasteiger partial charge on any atom is -0.465 e. The molecule has 1 fully saturated rings. The number of imide groups is 1. The van der Waals surface area contributed by atoms with E-state index in [1.807, 2.05) is 19.1 Å². The van der Waals surface area contributed by atoms with Gasteiger partial charge in [0, 0.05) is 5.69 Å². The van der Waals surface area contributed by atoms with Gasteiger partial charge in [0.2, 0.25) is 5.91 Å². The number of benzene rings is 1. The molecule has 2 aromatic rings. The van der Waals surface area contributed by atoms with Gasteiger partial charge in [-0.25, -0.2) is 0 Å². The van der Waals surface area contributed by atoms with Crippen LogP contribution in [0.25, 0.3) is 6.08 Å². The number of carbonyl (C=O) groups excluding carboxylic acids is 3. The second kappa shape index (κ2) is 8.09. The lowest BCUT2D eigenvalue weighted by Crippen LogP contribution is -2.36. The topological polar surface area (TPSA) is 79.6 Å². The molecule has 6 nitrogen and oxygen atoms in total. The molecule has 3 amide bonds. The van der Waals surface area contributed by atoms with Crippen molar-refractivity contribution in [2.24, 2.45) is 0 Å². The van der Waals surface area contributed by atoms with Crippen LogP contribution in [0.2, 0.25) is 0 Å². The molecule has 2 heterocycles. The Hall–Kier alpha value is -3.06. The largest absolute Gasteiger partial charge is 0.465 e. The SMILES string of the molecule is CC(/C=C1\SC(=O)N(CC(=O)Nc2ccc(C)cc2)C1=O)=C\c1ccco1. The van der Waals surface area contributed by atoms with Crippen LogP contribution in [0, 0.1) is 6.92 Å². The Morgan fingerprint density at radius 1 is 1.22 bits per heavy atom. The third-order valence-electron chi connectivity index (χ3n) is 3.78. The van der Waals surface area contributed by atoms with E-state index in [9.17, 15) is 14.4 Å². The smallest absolute Gasteiger partial charge is 0.294 e. The summed E-state index contributed by atoms with van der Waals surface area (Å²) in [7, 11) is 0. The summed E-state index contributed by atoms with van der Waals surface area (Å²) in [5.41, 5.74) is 2.45. The maximum absolute atomic E-state index is 12.5. The summed E-state index contributed by atoms with van der Waals surface area (Å²) in [6.07, 6.45) is 4.93. The van der Waals surface area contributed by atoms with E-state index in [4.69, 9.17) is 4.42 Å². The van der Waals surface area contributed by atoms with Gasteiger partial charge in [-0.2, -0.15) is 0 Å². The third kappa shape index (κ3) is 4.77. The first-order valence-electron chi connectivity index (χ1n) is 8.26.